The van der Waals surface area contributed by atoms with E-state index in [0.717, 1.165) is 5.75 Å². The fraction of sp³-hybridized carbons (Fsp3) is 0.143. The summed E-state index contributed by atoms with van der Waals surface area (Å²) in [5.74, 6) is 9.88. The molecule has 1 rings (SSSR count). The van der Waals surface area contributed by atoms with Gasteiger partial charge >= 0.3 is 6.03 Å². The summed E-state index contributed by atoms with van der Waals surface area (Å²) in [5.41, 5.74) is 3.48. The third-order valence-corrected chi connectivity index (χ3v) is 1.13. The van der Waals surface area contributed by atoms with E-state index >= 15 is 0 Å². The van der Waals surface area contributed by atoms with Crippen LogP contribution >= 0.6 is 0 Å². The number of carbonyl (C=O) groups is 1. The van der Waals surface area contributed by atoms with Gasteiger partial charge in [0, 0.05) is 6.20 Å². The lowest BCUT2D eigenvalue weighted by Gasteiger charge is -1.93. The van der Waals surface area contributed by atoms with E-state index in [1.54, 1.807) is 30.4 Å². The molecule has 0 aromatic carbocycles. The number of nitrogens with one attached hydrogen (secondary N) is 2. The summed E-state index contributed by atoms with van der Waals surface area (Å²) in [5, 5.41) is 0. The minimum absolute atomic E-state index is 0.602. The molecule has 0 saturated heterocycles. The standard InChI is InChI=1S/C6H7NO.CH6N4O/c1-8-6-3-2-4-7-5-6;2-4-1(6)5-3/h2-5H,1H3;2-3H2,(H2,4,5,6). The smallest absolute Gasteiger partial charge is 0.343 e. The molecule has 0 fully saturated rings. The molecule has 78 valence electrons. The van der Waals surface area contributed by atoms with Gasteiger partial charge in [0.15, 0.2) is 0 Å². The maximum absolute atomic E-state index is 9.71. The lowest BCUT2D eigenvalue weighted by molar-refractivity contribution is 0.241. The van der Waals surface area contributed by atoms with Crippen LogP contribution in [0, 0.1) is 0 Å². The Labute approximate surface area is 81.4 Å². The van der Waals surface area contributed by atoms with Crippen LogP contribution in [0.1, 0.15) is 0 Å². The minimum atomic E-state index is -0.602. The molecule has 0 aliphatic heterocycles. The number of aromatic nitrogens is 1. The van der Waals surface area contributed by atoms with Crippen LogP contribution in [-0.2, 0) is 0 Å². The fourth-order valence-corrected chi connectivity index (χ4v) is 0.510. The Hall–Kier alpha value is -1.86. The van der Waals surface area contributed by atoms with E-state index in [1.165, 1.54) is 0 Å². The maximum atomic E-state index is 9.71. The predicted octanol–water partition coefficient (Wildman–Crippen LogP) is -0.877. The largest absolute Gasteiger partial charge is 0.495 e. The van der Waals surface area contributed by atoms with Gasteiger partial charge in [-0.25, -0.2) is 16.5 Å². The molecule has 14 heavy (non-hydrogen) atoms. The number of urea groups is 1. The number of hydrogen-bond acceptors (Lipinski definition) is 5. The first-order valence-electron chi connectivity index (χ1n) is 3.65. The number of nitrogens with two attached hydrogens (primary N) is 2. The molecule has 0 bridgehead atoms. The second-order valence-electron chi connectivity index (χ2n) is 2.01. The summed E-state index contributed by atoms with van der Waals surface area (Å²) in [4.78, 5) is 13.5. The molecule has 7 nitrogen and oxygen atoms in total. The number of rotatable bonds is 1. The first kappa shape index (κ1) is 12.1. The highest BCUT2D eigenvalue weighted by Crippen LogP contribution is 2.02. The molecule has 0 atom stereocenters. The van der Waals surface area contributed by atoms with Crippen molar-refractivity contribution in [2.45, 2.75) is 0 Å². The van der Waals surface area contributed by atoms with Crippen molar-refractivity contribution in [1.29, 1.82) is 0 Å². The van der Waals surface area contributed by atoms with Crippen molar-refractivity contribution < 1.29 is 9.53 Å². The molecule has 0 saturated carbocycles. The zero-order valence-electron chi connectivity index (χ0n) is 7.73. The Bertz CT molecular complexity index is 248. The SMILES string of the molecule is COc1cccnc1.NNC(=O)NN. The van der Waals surface area contributed by atoms with Gasteiger partial charge in [0.2, 0.25) is 0 Å². The van der Waals surface area contributed by atoms with Crippen molar-refractivity contribution in [2.75, 3.05) is 7.11 Å². The van der Waals surface area contributed by atoms with Gasteiger partial charge in [-0.15, -0.1) is 0 Å². The van der Waals surface area contributed by atoms with Crippen LogP contribution in [0.2, 0.25) is 0 Å². The van der Waals surface area contributed by atoms with E-state index in [-0.39, 0.29) is 0 Å². The molecule has 0 unspecified atom stereocenters. The van der Waals surface area contributed by atoms with E-state index in [0.29, 0.717) is 0 Å². The van der Waals surface area contributed by atoms with Crippen molar-refractivity contribution in [1.82, 2.24) is 15.8 Å². The van der Waals surface area contributed by atoms with E-state index in [4.69, 9.17) is 4.74 Å². The molecular formula is C7H13N5O2. The number of carbonyl (C=O) groups excluding carboxylic acids is 1. The monoisotopic (exact) mass is 199 g/mol. The van der Waals surface area contributed by atoms with Gasteiger partial charge in [0.05, 0.1) is 13.3 Å². The molecule has 0 radical (unpaired) electrons. The highest BCUT2D eigenvalue weighted by atomic mass is 16.5. The predicted molar refractivity (Wildman–Crippen MR) is 50.8 cm³/mol. The Balaban J connectivity index is 0.000000255. The van der Waals surface area contributed by atoms with Crippen LogP contribution in [0.3, 0.4) is 0 Å². The van der Waals surface area contributed by atoms with Crippen LogP contribution in [0.25, 0.3) is 0 Å². The highest BCUT2D eigenvalue weighted by Gasteiger charge is 1.83. The Kier molecular flexibility index (Phi) is 6.74. The van der Waals surface area contributed by atoms with Gasteiger partial charge in [-0.3, -0.25) is 15.8 Å². The number of pyridine rings is 1. The van der Waals surface area contributed by atoms with Gasteiger partial charge in [0.25, 0.3) is 0 Å². The number of hydrogen-bond donors (Lipinski definition) is 4. The highest BCUT2D eigenvalue weighted by molar-refractivity contribution is 5.72. The molecule has 1 heterocycles. The van der Waals surface area contributed by atoms with Crippen molar-refractivity contribution in [3.8, 4) is 5.75 Å². The molecule has 2 amide bonds. The second kappa shape index (κ2) is 7.77. The molecule has 0 aliphatic carbocycles. The summed E-state index contributed by atoms with van der Waals surface area (Å²) in [7, 11) is 1.62. The molecule has 6 N–H and O–H groups in total. The Morgan fingerprint density at radius 2 is 2.14 bits per heavy atom. The van der Waals surface area contributed by atoms with Gasteiger partial charge in [-0.1, -0.05) is 0 Å². The lowest BCUT2D eigenvalue weighted by Crippen LogP contribution is -2.43. The van der Waals surface area contributed by atoms with Crippen molar-refractivity contribution in [3.63, 3.8) is 0 Å². The van der Waals surface area contributed by atoms with Crippen molar-refractivity contribution in [2.24, 2.45) is 11.7 Å². The van der Waals surface area contributed by atoms with E-state index in [2.05, 4.69) is 16.7 Å². The number of ether oxygens (including phenoxy) is 1. The summed E-state index contributed by atoms with van der Waals surface area (Å²) < 4.78 is 4.85. The van der Waals surface area contributed by atoms with E-state index < -0.39 is 6.03 Å². The van der Waals surface area contributed by atoms with E-state index in [1.807, 2.05) is 12.1 Å². The molecule has 0 spiro atoms. The topological polar surface area (TPSA) is 115 Å². The first-order chi connectivity index (χ1) is 6.74. The number of hydrazine groups is 2. The zero-order chi connectivity index (χ0) is 10.8. The molecule has 1 aromatic rings. The molecule has 7 heteroatoms. The average molecular weight is 199 g/mol. The second-order valence-corrected chi connectivity index (χ2v) is 2.01. The first-order valence-corrected chi connectivity index (χ1v) is 3.65. The van der Waals surface area contributed by atoms with Crippen molar-refractivity contribution in [3.05, 3.63) is 24.5 Å². The van der Waals surface area contributed by atoms with Gasteiger partial charge < -0.3 is 4.74 Å². The number of amides is 2. The minimum Gasteiger partial charge on any atom is -0.495 e. The Morgan fingerprint density at radius 3 is 2.36 bits per heavy atom. The summed E-state index contributed by atoms with van der Waals surface area (Å²) in [6.45, 7) is 0. The maximum Gasteiger partial charge on any atom is 0.343 e. The van der Waals surface area contributed by atoms with E-state index in [9.17, 15) is 4.79 Å². The Morgan fingerprint density at radius 1 is 1.50 bits per heavy atom. The number of nitrogens with zero attached hydrogens (tertiary/aromatic N) is 1. The number of methoxy groups -OCH3 is 1. The quantitative estimate of drug-likeness (QED) is 0.266. The normalized spacial score (nSPS) is 7.93. The van der Waals surface area contributed by atoms with Crippen LogP contribution in [-0.4, -0.2) is 18.1 Å². The fourth-order valence-electron chi connectivity index (χ4n) is 0.510. The van der Waals surface area contributed by atoms with Crippen molar-refractivity contribution >= 4 is 6.03 Å². The lowest BCUT2D eigenvalue weighted by atomic mass is 10.5. The van der Waals surface area contributed by atoms with Crippen LogP contribution in [0.4, 0.5) is 4.79 Å². The average Bonchev–Trinajstić information content (AvgIpc) is 2.30. The van der Waals surface area contributed by atoms with Crippen LogP contribution in [0.15, 0.2) is 24.5 Å². The molecule has 1 aromatic heterocycles. The zero-order valence-corrected chi connectivity index (χ0v) is 7.73. The molecule has 0 aliphatic rings. The summed E-state index contributed by atoms with van der Waals surface area (Å²) in [6, 6.07) is 3.08. The van der Waals surface area contributed by atoms with Gasteiger partial charge in [-0.2, -0.15) is 0 Å². The third-order valence-electron chi connectivity index (χ3n) is 1.13. The summed E-state index contributed by atoms with van der Waals surface area (Å²) in [6.07, 6.45) is 3.38. The summed E-state index contributed by atoms with van der Waals surface area (Å²) >= 11 is 0. The third kappa shape index (κ3) is 5.75. The van der Waals surface area contributed by atoms with Gasteiger partial charge in [-0.05, 0) is 12.1 Å². The molecular weight excluding hydrogens is 186 g/mol. The van der Waals surface area contributed by atoms with Crippen LogP contribution < -0.4 is 27.3 Å². The van der Waals surface area contributed by atoms with Gasteiger partial charge in [0.1, 0.15) is 5.75 Å². The van der Waals surface area contributed by atoms with Crippen LogP contribution in [0.5, 0.6) is 5.75 Å².